The molecule has 2 aromatic rings. The van der Waals surface area contributed by atoms with Gasteiger partial charge in [0.2, 0.25) is 0 Å². The molecule has 0 bridgehead atoms. The highest BCUT2D eigenvalue weighted by molar-refractivity contribution is 7.80. The van der Waals surface area contributed by atoms with Crippen LogP contribution < -0.4 is 10.6 Å². The van der Waals surface area contributed by atoms with Gasteiger partial charge in [-0.05, 0) is 31.2 Å². The van der Waals surface area contributed by atoms with Crippen molar-refractivity contribution in [1.82, 2.24) is 0 Å². The van der Waals surface area contributed by atoms with Crippen LogP contribution in [0.5, 0.6) is 0 Å². The van der Waals surface area contributed by atoms with E-state index in [-0.39, 0.29) is 10.6 Å². The number of anilines is 1. The lowest BCUT2D eigenvalue weighted by Gasteiger charge is -2.21. The number of nitrogens with two attached hydrogens (primary N) is 1. The number of hydrogen-bond acceptors (Lipinski definition) is 3. The number of nitrogens with zero attached hydrogens (tertiary/aromatic N) is 1. The maximum absolute atomic E-state index is 13.8. The van der Waals surface area contributed by atoms with Crippen LogP contribution in [0.15, 0.2) is 34.7 Å². The van der Waals surface area contributed by atoms with Crippen LogP contribution in [0.1, 0.15) is 17.1 Å². The van der Waals surface area contributed by atoms with Gasteiger partial charge >= 0.3 is 0 Å². The molecule has 0 spiro atoms. The van der Waals surface area contributed by atoms with E-state index in [0.29, 0.717) is 12.2 Å². The van der Waals surface area contributed by atoms with Crippen LogP contribution in [0, 0.1) is 12.7 Å². The monoisotopic (exact) mass is 278 g/mol. The molecule has 0 saturated heterocycles. The molecular weight excluding hydrogens is 263 g/mol. The van der Waals surface area contributed by atoms with Crippen molar-refractivity contribution in [2.75, 3.05) is 11.9 Å². The van der Waals surface area contributed by atoms with Gasteiger partial charge in [0.15, 0.2) is 0 Å². The number of hydrogen-bond donors (Lipinski definition) is 1. The molecule has 19 heavy (non-hydrogen) atoms. The number of rotatable bonds is 4. The number of benzene rings is 1. The second kappa shape index (κ2) is 5.40. The number of thiocarbonyl (C=S) groups is 1. The van der Waals surface area contributed by atoms with E-state index in [9.17, 15) is 4.39 Å². The summed E-state index contributed by atoms with van der Waals surface area (Å²) in [6, 6.07) is 8.56. The first kappa shape index (κ1) is 13.5. The van der Waals surface area contributed by atoms with Crippen LogP contribution in [-0.2, 0) is 6.54 Å². The maximum Gasteiger partial charge on any atom is 0.135 e. The zero-order valence-electron chi connectivity index (χ0n) is 10.8. The Labute approximate surface area is 116 Å². The molecule has 0 atom stereocenters. The third-order valence-electron chi connectivity index (χ3n) is 2.84. The second-order valence-corrected chi connectivity index (χ2v) is 4.81. The predicted octanol–water partition coefficient (Wildman–Crippen LogP) is 3.00. The van der Waals surface area contributed by atoms with Gasteiger partial charge in [-0.1, -0.05) is 18.3 Å². The van der Waals surface area contributed by atoms with Crippen LogP contribution in [0.4, 0.5) is 10.1 Å². The molecule has 2 rings (SSSR count). The lowest BCUT2D eigenvalue weighted by atomic mass is 10.1. The average molecular weight is 278 g/mol. The van der Waals surface area contributed by atoms with Crippen molar-refractivity contribution < 1.29 is 8.81 Å². The van der Waals surface area contributed by atoms with E-state index < -0.39 is 5.82 Å². The Balaban J connectivity index is 2.31. The van der Waals surface area contributed by atoms with Gasteiger partial charge in [0.05, 0.1) is 17.8 Å². The quantitative estimate of drug-likeness (QED) is 0.873. The molecule has 0 fully saturated rings. The van der Waals surface area contributed by atoms with Gasteiger partial charge in [-0.3, -0.25) is 0 Å². The largest absolute Gasteiger partial charge is 0.464 e. The first-order valence-electron chi connectivity index (χ1n) is 5.84. The minimum atomic E-state index is -0.410. The first-order chi connectivity index (χ1) is 8.99. The first-order valence-corrected chi connectivity index (χ1v) is 6.24. The van der Waals surface area contributed by atoms with Crippen molar-refractivity contribution in [1.29, 1.82) is 0 Å². The smallest absolute Gasteiger partial charge is 0.135 e. The van der Waals surface area contributed by atoms with Crippen molar-refractivity contribution in [3.63, 3.8) is 0 Å². The minimum Gasteiger partial charge on any atom is -0.464 e. The molecule has 100 valence electrons. The highest BCUT2D eigenvalue weighted by Gasteiger charge is 2.15. The number of aryl methyl sites for hydroxylation is 1. The van der Waals surface area contributed by atoms with Crippen LogP contribution >= 0.6 is 12.2 Å². The zero-order chi connectivity index (χ0) is 14.0. The summed E-state index contributed by atoms with van der Waals surface area (Å²) in [5, 5.41) is 0. The van der Waals surface area contributed by atoms with Gasteiger partial charge < -0.3 is 15.1 Å². The highest BCUT2D eigenvalue weighted by Crippen LogP contribution is 2.24. The van der Waals surface area contributed by atoms with Crippen LogP contribution in [0.25, 0.3) is 0 Å². The average Bonchev–Trinajstić information content (AvgIpc) is 2.73. The topological polar surface area (TPSA) is 42.4 Å². The third-order valence-corrected chi connectivity index (χ3v) is 3.04. The summed E-state index contributed by atoms with van der Waals surface area (Å²) in [5.74, 6) is 1.24. The summed E-state index contributed by atoms with van der Waals surface area (Å²) < 4.78 is 19.3. The second-order valence-electron chi connectivity index (χ2n) is 4.37. The molecule has 1 heterocycles. The molecule has 1 aromatic carbocycles. The molecule has 1 aromatic heterocycles. The Morgan fingerprint density at radius 1 is 1.37 bits per heavy atom. The summed E-state index contributed by atoms with van der Waals surface area (Å²) in [4.78, 5) is 1.91. The molecule has 0 radical (unpaired) electrons. The van der Waals surface area contributed by atoms with Gasteiger partial charge in [-0.2, -0.15) is 0 Å². The Hall–Kier alpha value is -1.88. The highest BCUT2D eigenvalue weighted by atomic mass is 32.1. The molecule has 0 aliphatic carbocycles. The van der Waals surface area contributed by atoms with Crippen molar-refractivity contribution in [3.05, 3.63) is 53.2 Å². The normalized spacial score (nSPS) is 10.5. The van der Waals surface area contributed by atoms with Crippen molar-refractivity contribution in [3.8, 4) is 0 Å². The Morgan fingerprint density at radius 2 is 2.11 bits per heavy atom. The van der Waals surface area contributed by atoms with Gasteiger partial charge in [0.1, 0.15) is 22.3 Å². The van der Waals surface area contributed by atoms with Crippen LogP contribution in [0.3, 0.4) is 0 Å². The number of furan rings is 1. The molecule has 0 aliphatic rings. The van der Waals surface area contributed by atoms with E-state index in [1.54, 1.807) is 12.1 Å². The summed E-state index contributed by atoms with van der Waals surface area (Å²) in [6.45, 7) is 2.40. The lowest BCUT2D eigenvalue weighted by Crippen LogP contribution is -2.22. The Bertz CT molecular complexity index is 609. The lowest BCUT2D eigenvalue weighted by molar-refractivity contribution is 0.481. The SMILES string of the molecule is Cc1ccc(CN(C)c2cccc(F)c2C(N)=S)o1. The molecule has 0 amide bonds. The molecule has 0 saturated carbocycles. The fourth-order valence-electron chi connectivity index (χ4n) is 1.96. The standard InChI is InChI=1S/C14H15FN2OS/c1-9-6-7-10(18-9)8-17(2)12-5-3-4-11(15)13(12)14(16)19/h3-7H,8H2,1-2H3,(H2,16,19). The van der Waals surface area contributed by atoms with E-state index >= 15 is 0 Å². The van der Waals surface area contributed by atoms with E-state index in [1.807, 2.05) is 31.0 Å². The molecule has 0 unspecified atom stereocenters. The summed E-state index contributed by atoms with van der Waals surface area (Å²) >= 11 is 4.91. The predicted molar refractivity (Wildman–Crippen MR) is 77.8 cm³/mol. The van der Waals surface area contributed by atoms with Crippen molar-refractivity contribution in [2.24, 2.45) is 5.73 Å². The molecule has 0 aliphatic heterocycles. The molecule has 3 nitrogen and oxygen atoms in total. The summed E-state index contributed by atoms with van der Waals surface area (Å²) in [5.41, 5.74) is 6.51. The number of halogens is 1. The zero-order valence-corrected chi connectivity index (χ0v) is 11.6. The molecular formula is C14H15FN2OS. The van der Waals surface area contributed by atoms with E-state index in [0.717, 1.165) is 11.5 Å². The van der Waals surface area contributed by atoms with Gasteiger partial charge in [-0.15, -0.1) is 0 Å². The van der Waals surface area contributed by atoms with Crippen molar-refractivity contribution in [2.45, 2.75) is 13.5 Å². The molecule has 2 N–H and O–H groups in total. The van der Waals surface area contributed by atoms with Gasteiger partial charge in [0.25, 0.3) is 0 Å². The van der Waals surface area contributed by atoms with E-state index in [4.69, 9.17) is 22.4 Å². The molecule has 5 heteroatoms. The summed E-state index contributed by atoms with van der Waals surface area (Å²) in [7, 11) is 1.84. The third kappa shape index (κ3) is 2.93. The maximum atomic E-state index is 13.8. The summed E-state index contributed by atoms with van der Waals surface area (Å²) in [6.07, 6.45) is 0. The fraction of sp³-hybridized carbons (Fsp3) is 0.214. The van der Waals surface area contributed by atoms with Crippen LogP contribution in [0.2, 0.25) is 0 Å². The fourth-order valence-corrected chi connectivity index (χ4v) is 2.17. The van der Waals surface area contributed by atoms with Crippen LogP contribution in [-0.4, -0.2) is 12.0 Å². The Kier molecular flexibility index (Phi) is 3.85. The van der Waals surface area contributed by atoms with Crippen molar-refractivity contribution >= 4 is 22.9 Å². The van der Waals surface area contributed by atoms with E-state index in [1.165, 1.54) is 6.07 Å². The Morgan fingerprint density at radius 3 is 2.68 bits per heavy atom. The van der Waals surface area contributed by atoms with E-state index in [2.05, 4.69) is 0 Å². The van der Waals surface area contributed by atoms with Gasteiger partial charge in [0, 0.05) is 7.05 Å². The minimum absolute atomic E-state index is 0.0515. The van der Waals surface area contributed by atoms with Gasteiger partial charge in [-0.25, -0.2) is 4.39 Å².